The Morgan fingerprint density at radius 3 is 1.61 bits per heavy atom. The molecule has 0 amide bonds. The molecule has 1 fully saturated rings. The second kappa shape index (κ2) is 16.3. The van der Waals surface area contributed by atoms with Crippen molar-refractivity contribution in [3.63, 3.8) is 0 Å². The Morgan fingerprint density at radius 2 is 1.16 bits per heavy atom. The van der Waals surface area contributed by atoms with Crippen molar-refractivity contribution in [1.82, 2.24) is 14.9 Å². The van der Waals surface area contributed by atoms with Crippen LogP contribution in [0.25, 0.3) is 22.5 Å². The van der Waals surface area contributed by atoms with Gasteiger partial charge in [0, 0.05) is 55.7 Å². The minimum atomic E-state index is 0.406. The number of benzene rings is 2. The predicted molar refractivity (Wildman–Crippen MR) is 202 cm³/mol. The molecule has 3 aromatic heterocycles. The lowest BCUT2D eigenvalue weighted by Crippen LogP contribution is -2.44. The molecule has 0 radical (unpaired) electrons. The van der Waals surface area contributed by atoms with Crippen LogP contribution < -0.4 is 33.3 Å². The lowest BCUT2D eigenvalue weighted by atomic mass is 10.0. The maximum atomic E-state index is 5.61. The van der Waals surface area contributed by atoms with E-state index in [1.54, 1.807) is 42.7 Å². The molecule has 0 atom stereocenters. The van der Waals surface area contributed by atoms with Gasteiger partial charge in [0.05, 0.1) is 59.0 Å². The number of thiophene rings is 1. The minimum Gasteiger partial charge on any atom is -0.493 e. The van der Waals surface area contributed by atoms with Gasteiger partial charge in [0.2, 0.25) is 11.5 Å². The van der Waals surface area contributed by atoms with Crippen molar-refractivity contribution >= 4 is 16.3 Å². The molecule has 0 N–H and O–H groups in total. The van der Waals surface area contributed by atoms with Crippen LogP contribution in [-0.4, -0.2) is 76.7 Å². The zero-order valence-corrected chi connectivity index (χ0v) is 31.2. The average molecular weight is 711 g/mol. The van der Waals surface area contributed by atoms with E-state index < -0.39 is 0 Å². The van der Waals surface area contributed by atoms with Gasteiger partial charge in [-0.1, -0.05) is 0 Å². The zero-order valence-electron chi connectivity index (χ0n) is 30.4. The molecule has 268 valence electrons. The SMILES string of the molecule is COc1cc(-c2cc(CN3CCC(N(Cc4ccnc(-c5cc(OC)c(OC)c(OC)c5)c4)c4sccc4C)CC3)ccn2)cc(OC)c1OC. The first-order valence-electron chi connectivity index (χ1n) is 16.9. The fourth-order valence-corrected chi connectivity index (χ4v) is 7.79. The molecule has 51 heavy (non-hydrogen) atoms. The number of hydrogen-bond donors (Lipinski definition) is 0. The molecule has 0 unspecified atom stereocenters. The Balaban J connectivity index is 1.17. The Morgan fingerprint density at radius 1 is 0.667 bits per heavy atom. The Hall–Kier alpha value is -5.00. The number of ether oxygens (including phenoxy) is 6. The first kappa shape index (κ1) is 35.8. The molecular formula is C40H46N4O6S. The van der Waals surface area contributed by atoms with Gasteiger partial charge >= 0.3 is 0 Å². The average Bonchev–Trinajstić information content (AvgIpc) is 3.61. The van der Waals surface area contributed by atoms with E-state index in [1.165, 1.54) is 21.7 Å². The lowest BCUT2D eigenvalue weighted by molar-refractivity contribution is 0.201. The molecule has 1 saturated heterocycles. The highest BCUT2D eigenvalue weighted by Gasteiger charge is 2.27. The quantitative estimate of drug-likeness (QED) is 0.113. The number of aromatic nitrogens is 2. The van der Waals surface area contributed by atoms with E-state index in [0.717, 1.165) is 61.5 Å². The molecule has 0 bridgehead atoms. The summed E-state index contributed by atoms with van der Waals surface area (Å²) in [5, 5.41) is 3.51. The van der Waals surface area contributed by atoms with Gasteiger partial charge in [0.25, 0.3) is 0 Å². The van der Waals surface area contributed by atoms with Gasteiger partial charge in [-0.25, -0.2) is 0 Å². The predicted octanol–water partition coefficient (Wildman–Crippen LogP) is 7.90. The van der Waals surface area contributed by atoms with E-state index in [-0.39, 0.29) is 0 Å². The molecule has 6 rings (SSSR count). The van der Waals surface area contributed by atoms with E-state index in [2.05, 4.69) is 57.4 Å². The van der Waals surface area contributed by atoms with E-state index in [4.69, 9.17) is 33.4 Å². The summed E-state index contributed by atoms with van der Waals surface area (Å²) in [5.74, 6) is 3.55. The van der Waals surface area contributed by atoms with Crippen molar-refractivity contribution in [2.45, 2.75) is 38.9 Å². The van der Waals surface area contributed by atoms with Gasteiger partial charge in [-0.2, -0.15) is 0 Å². The molecule has 1 aliphatic heterocycles. The van der Waals surface area contributed by atoms with E-state index >= 15 is 0 Å². The maximum absolute atomic E-state index is 5.61. The fraction of sp³-hybridized carbons (Fsp3) is 0.350. The second-order valence-electron chi connectivity index (χ2n) is 12.5. The smallest absolute Gasteiger partial charge is 0.203 e. The molecule has 0 saturated carbocycles. The van der Waals surface area contributed by atoms with Crippen LogP contribution in [0.15, 0.2) is 72.4 Å². The zero-order chi connectivity index (χ0) is 35.9. The largest absolute Gasteiger partial charge is 0.493 e. The van der Waals surface area contributed by atoms with Crippen molar-refractivity contribution in [3.8, 4) is 57.0 Å². The van der Waals surface area contributed by atoms with Crippen LogP contribution in [0.2, 0.25) is 0 Å². The summed E-state index contributed by atoms with van der Waals surface area (Å²) in [6, 6.07) is 18.9. The summed E-state index contributed by atoms with van der Waals surface area (Å²) in [7, 11) is 9.73. The highest BCUT2D eigenvalue weighted by Crippen LogP contribution is 2.42. The van der Waals surface area contributed by atoms with E-state index in [9.17, 15) is 0 Å². The first-order chi connectivity index (χ1) is 24.9. The van der Waals surface area contributed by atoms with Crippen LogP contribution >= 0.6 is 11.3 Å². The topological polar surface area (TPSA) is 87.6 Å². The molecule has 1 aliphatic rings. The summed E-state index contributed by atoms with van der Waals surface area (Å²) in [4.78, 5) is 14.5. The van der Waals surface area contributed by atoms with Gasteiger partial charge in [-0.15, -0.1) is 11.3 Å². The monoisotopic (exact) mass is 710 g/mol. The third-order valence-corrected chi connectivity index (χ3v) is 10.5. The molecule has 0 aliphatic carbocycles. The number of hydrogen-bond acceptors (Lipinski definition) is 11. The highest BCUT2D eigenvalue weighted by atomic mass is 32.1. The number of aryl methyl sites for hydroxylation is 1. The van der Waals surface area contributed by atoms with Gasteiger partial charge in [-0.05, 0) is 96.4 Å². The Labute approximate surface area is 304 Å². The lowest BCUT2D eigenvalue weighted by Gasteiger charge is -2.39. The molecular weight excluding hydrogens is 665 g/mol. The fourth-order valence-electron chi connectivity index (χ4n) is 6.79. The summed E-state index contributed by atoms with van der Waals surface area (Å²) in [5.41, 5.74) is 7.25. The van der Waals surface area contributed by atoms with Crippen LogP contribution in [0, 0.1) is 6.92 Å². The molecule has 2 aromatic carbocycles. The van der Waals surface area contributed by atoms with Crippen LogP contribution in [0.5, 0.6) is 34.5 Å². The molecule has 4 heterocycles. The van der Waals surface area contributed by atoms with Crippen LogP contribution in [0.1, 0.15) is 29.5 Å². The van der Waals surface area contributed by atoms with Gasteiger partial charge < -0.3 is 33.3 Å². The third kappa shape index (κ3) is 7.84. The van der Waals surface area contributed by atoms with Gasteiger partial charge in [-0.3, -0.25) is 14.9 Å². The number of piperidine rings is 1. The summed E-state index contributed by atoms with van der Waals surface area (Å²) in [6.45, 7) is 5.85. The maximum Gasteiger partial charge on any atom is 0.203 e. The van der Waals surface area contributed by atoms with E-state index in [0.29, 0.717) is 40.5 Å². The van der Waals surface area contributed by atoms with Crippen molar-refractivity contribution in [2.24, 2.45) is 0 Å². The highest BCUT2D eigenvalue weighted by molar-refractivity contribution is 7.14. The third-order valence-electron chi connectivity index (χ3n) is 9.42. The molecule has 5 aromatic rings. The first-order valence-corrected chi connectivity index (χ1v) is 17.8. The van der Waals surface area contributed by atoms with Gasteiger partial charge in [0.15, 0.2) is 23.0 Å². The second-order valence-corrected chi connectivity index (χ2v) is 13.4. The summed E-state index contributed by atoms with van der Waals surface area (Å²) < 4.78 is 33.4. The van der Waals surface area contributed by atoms with Crippen molar-refractivity contribution < 1.29 is 28.4 Å². The van der Waals surface area contributed by atoms with E-state index in [1.807, 2.05) is 48.0 Å². The number of nitrogens with zero attached hydrogens (tertiary/aromatic N) is 4. The minimum absolute atomic E-state index is 0.406. The number of likely N-dealkylation sites (tertiary alicyclic amines) is 1. The van der Waals surface area contributed by atoms with Crippen LogP contribution in [0.4, 0.5) is 5.00 Å². The van der Waals surface area contributed by atoms with Gasteiger partial charge in [0.1, 0.15) is 0 Å². The van der Waals surface area contributed by atoms with Crippen molar-refractivity contribution in [3.05, 3.63) is 89.1 Å². The number of anilines is 1. The van der Waals surface area contributed by atoms with Crippen molar-refractivity contribution in [2.75, 3.05) is 60.6 Å². The summed E-state index contributed by atoms with van der Waals surface area (Å²) >= 11 is 1.81. The number of methoxy groups -OCH3 is 6. The number of rotatable bonds is 14. The molecule has 11 heteroatoms. The standard InChI is InChI=1S/C40H46N4O6S/c1-26-12-17-51-40(26)44(25-28-9-14-42-33(19-28)30-22-36(47-4)39(50-7)37(23-30)48-5)31-10-15-43(16-11-31)24-27-8-13-41-32(18-27)29-20-34(45-2)38(49-6)35(21-29)46-3/h8-9,12-14,17-23,31H,10-11,15-16,24-25H2,1-7H3. The number of pyridine rings is 2. The molecule has 0 spiro atoms. The van der Waals surface area contributed by atoms with Crippen molar-refractivity contribution in [1.29, 1.82) is 0 Å². The normalized spacial score (nSPS) is 13.5. The summed E-state index contributed by atoms with van der Waals surface area (Å²) in [6.07, 6.45) is 5.89. The van der Waals surface area contributed by atoms with Crippen LogP contribution in [-0.2, 0) is 13.1 Å². The van der Waals surface area contributed by atoms with Crippen LogP contribution in [0.3, 0.4) is 0 Å². The Kier molecular flexibility index (Phi) is 11.5. The Bertz CT molecular complexity index is 1890. The molecule has 10 nitrogen and oxygen atoms in total.